The van der Waals surface area contributed by atoms with Crippen LogP contribution in [0.4, 0.5) is 5.82 Å². The number of rotatable bonds is 6. The van der Waals surface area contributed by atoms with Gasteiger partial charge in [0.25, 0.3) is 10.0 Å². The number of ether oxygens (including phenoxy) is 1. The molecule has 0 aromatic carbocycles. The second-order valence-corrected chi connectivity index (χ2v) is 7.39. The zero-order valence-electron chi connectivity index (χ0n) is 11.7. The number of imidazole rings is 1. The first kappa shape index (κ1) is 14.8. The molecule has 116 valence electrons. The molecule has 0 bridgehead atoms. The average molecular weight is 330 g/mol. The first-order chi connectivity index (χ1) is 10.1. The highest BCUT2D eigenvalue weighted by Gasteiger charge is 2.27. The highest BCUT2D eigenvalue weighted by molar-refractivity contribution is 7.89. The molecule has 0 spiro atoms. The van der Waals surface area contributed by atoms with Gasteiger partial charge in [-0.05, 0) is 19.8 Å². The van der Waals surface area contributed by atoms with Crippen LogP contribution < -0.4 is 10.0 Å². The minimum atomic E-state index is -3.64. The Bertz CT molecular complexity index is 716. The summed E-state index contributed by atoms with van der Waals surface area (Å²) in [5.74, 6) is 0.393. The van der Waals surface area contributed by atoms with Gasteiger partial charge in [-0.15, -0.1) is 11.3 Å². The van der Waals surface area contributed by atoms with E-state index in [9.17, 15) is 8.42 Å². The lowest BCUT2D eigenvalue weighted by molar-refractivity contribution is 0.114. The van der Waals surface area contributed by atoms with Crippen molar-refractivity contribution < 1.29 is 13.2 Å². The van der Waals surface area contributed by atoms with E-state index >= 15 is 0 Å². The lowest BCUT2D eigenvalue weighted by atomic mass is 10.2. The molecule has 2 aromatic heterocycles. The summed E-state index contributed by atoms with van der Waals surface area (Å²) in [5, 5.41) is 4.99. The fraction of sp³-hybridized carbons (Fsp3) is 0.583. The van der Waals surface area contributed by atoms with Crippen molar-refractivity contribution in [3.05, 3.63) is 11.6 Å². The molecule has 3 rings (SSSR count). The fourth-order valence-electron chi connectivity index (χ4n) is 2.38. The van der Waals surface area contributed by atoms with E-state index in [1.165, 1.54) is 11.3 Å². The Labute approximate surface area is 127 Å². The Kier molecular flexibility index (Phi) is 4.16. The maximum Gasteiger partial charge on any atom is 0.260 e. The molecule has 1 aliphatic rings. The number of aromatic nitrogens is 2. The van der Waals surface area contributed by atoms with Gasteiger partial charge in [0.1, 0.15) is 0 Å². The van der Waals surface area contributed by atoms with Gasteiger partial charge in [-0.25, -0.2) is 18.1 Å². The number of hydrogen-bond donors (Lipinski definition) is 2. The van der Waals surface area contributed by atoms with E-state index in [0.717, 1.165) is 12.8 Å². The molecular weight excluding hydrogens is 312 g/mol. The number of thiazole rings is 1. The molecule has 1 unspecified atom stereocenters. The summed E-state index contributed by atoms with van der Waals surface area (Å²) in [6.45, 7) is 3.52. The minimum Gasteiger partial charge on any atom is -0.377 e. The highest BCUT2D eigenvalue weighted by atomic mass is 32.2. The van der Waals surface area contributed by atoms with Crippen LogP contribution in [0.3, 0.4) is 0 Å². The molecule has 2 aromatic rings. The van der Waals surface area contributed by atoms with Gasteiger partial charge >= 0.3 is 0 Å². The Balaban J connectivity index is 1.89. The molecule has 1 aliphatic heterocycles. The highest BCUT2D eigenvalue weighted by Crippen LogP contribution is 2.25. The summed E-state index contributed by atoms with van der Waals surface area (Å²) in [4.78, 5) is 4.98. The average Bonchev–Trinajstić information content (AvgIpc) is 3.12. The van der Waals surface area contributed by atoms with Crippen molar-refractivity contribution in [1.82, 2.24) is 14.1 Å². The second-order valence-electron chi connectivity index (χ2n) is 4.84. The van der Waals surface area contributed by atoms with Gasteiger partial charge in [-0.3, -0.25) is 4.40 Å². The quantitative estimate of drug-likeness (QED) is 0.833. The molecular formula is C12H18N4O3S2. The van der Waals surface area contributed by atoms with Crippen LogP contribution in [0, 0.1) is 0 Å². The van der Waals surface area contributed by atoms with Crippen LogP contribution in [-0.4, -0.2) is 43.6 Å². The lowest BCUT2D eigenvalue weighted by Crippen LogP contribution is -2.32. The topological polar surface area (TPSA) is 84.7 Å². The summed E-state index contributed by atoms with van der Waals surface area (Å²) in [5.41, 5.74) is 0. The number of hydrogen-bond acceptors (Lipinski definition) is 6. The van der Waals surface area contributed by atoms with E-state index in [1.54, 1.807) is 10.6 Å². The van der Waals surface area contributed by atoms with Crippen molar-refractivity contribution >= 4 is 32.1 Å². The zero-order valence-corrected chi connectivity index (χ0v) is 13.3. The van der Waals surface area contributed by atoms with Gasteiger partial charge in [0.15, 0.2) is 15.8 Å². The summed E-state index contributed by atoms with van der Waals surface area (Å²) < 4.78 is 34.9. The summed E-state index contributed by atoms with van der Waals surface area (Å²) in [6.07, 6.45) is 3.56. The van der Waals surface area contributed by atoms with Gasteiger partial charge < -0.3 is 10.1 Å². The summed E-state index contributed by atoms with van der Waals surface area (Å²) in [7, 11) is -3.64. The van der Waals surface area contributed by atoms with Gasteiger partial charge in [0.05, 0.1) is 6.10 Å². The smallest absolute Gasteiger partial charge is 0.260 e. The largest absolute Gasteiger partial charge is 0.377 e. The van der Waals surface area contributed by atoms with E-state index in [-0.39, 0.29) is 11.1 Å². The Morgan fingerprint density at radius 1 is 1.57 bits per heavy atom. The van der Waals surface area contributed by atoms with Gasteiger partial charge in [-0.1, -0.05) is 0 Å². The summed E-state index contributed by atoms with van der Waals surface area (Å²) >= 11 is 1.40. The van der Waals surface area contributed by atoms with Crippen molar-refractivity contribution in [2.75, 3.05) is 25.0 Å². The molecule has 21 heavy (non-hydrogen) atoms. The molecule has 0 saturated carbocycles. The first-order valence-electron chi connectivity index (χ1n) is 6.92. The molecule has 0 radical (unpaired) electrons. The monoisotopic (exact) mass is 330 g/mol. The molecule has 1 saturated heterocycles. The van der Waals surface area contributed by atoms with E-state index in [2.05, 4.69) is 15.0 Å². The van der Waals surface area contributed by atoms with Crippen LogP contribution in [0.25, 0.3) is 4.96 Å². The summed E-state index contributed by atoms with van der Waals surface area (Å²) in [6, 6.07) is 0. The molecule has 9 heteroatoms. The van der Waals surface area contributed by atoms with E-state index < -0.39 is 10.0 Å². The fourth-order valence-corrected chi connectivity index (χ4v) is 4.47. The van der Waals surface area contributed by atoms with E-state index in [1.807, 2.05) is 12.3 Å². The normalized spacial score (nSPS) is 19.4. The molecule has 1 atom stereocenters. The first-order valence-corrected chi connectivity index (χ1v) is 9.29. The number of nitrogens with one attached hydrogen (secondary N) is 2. The molecule has 3 heterocycles. The van der Waals surface area contributed by atoms with Crippen LogP contribution in [0.2, 0.25) is 0 Å². The molecule has 1 fully saturated rings. The second kappa shape index (κ2) is 5.91. The third-order valence-corrected chi connectivity index (χ3v) is 5.54. The standard InChI is InChI=1S/C12H18N4O3S2/c1-2-13-10-11(16-5-7-20-12(16)15-10)21(17,18)14-8-9-4-3-6-19-9/h5,7,9,13-14H,2-4,6,8H2,1H3. The minimum absolute atomic E-state index is 0.0340. The van der Waals surface area contributed by atoms with Crippen molar-refractivity contribution in [3.63, 3.8) is 0 Å². The van der Waals surface area contributed by atoms with Crippen LogP contribution in [0.5, 0.6) is 0 Å². The maximum absolute atomic E-state index is 12.6. The third-order valence-electron chi connectivity index (χ3n) is 3.34. The van der Waals surface area contributed by atoms with Gasteiger partial charge in [0, 0.05) is 31.3 Å². The van der Waals surface area contributed by atoms with Crippen molar-refractivity contribution in [3.8, 4) is 0 Å². The molecule has 0 aliphatic carbocycles. The Morgan fingerprint density at radius 3 is 3.14 bits per heavy atom. The SMILES string of the molecule is CCNc1nc2sccn2c1S(=O)(=O)NCC1CCCO1. The third kappa shape index (κ3) is 2.91. The number of nitrogens with zero attached hydrogens (tertiary/aromatic N) is 2. The Morgan fingerprint density at radius 2 is 2.43 bits per heavy atom. The van der Waals surface area contributed by atoms with Gasteiger partial charge in [0.2, 0.25) is 0 Å². The number of fused-ring (bicyclic) bond motifs is 1. The van der Waals surface area contributed by atoms with Crippen molar-refractivity contribution in [2.45, 2.75) is 30.9 Å². The van der Waals surface area contributed by atoms with Crippen LogP contribution in [0.1, 0.15) is 19.8 Å². The van der Waals surface area contributed by atoms with E-state index in [4.69, 9.17) is 4.74 Å². The van der Waals surface area contributed by atoms with Crippen molar-refractivity contribution in [2.24, 2.45) is 0 Å². The van der Waals surface area contributed by atoms with E-state index in [0.29, 0.717) is 30.5 Å². The Hall–Kier alpha value is -1.16. The molecule has 2 N–H and O–H groups in total. The molecule has 7 nitrogen and oxygen atoms in total. The predicted octanol–water partition coefficient (Wildman–Crippen LogP) is 1.28. The maximum atomic E-state index is 12.6. The van der Waals surface area contributed by atoms with Gasteiger partial charge in [-0.2, -0.15) is 0 Å². The van der Waals surface area contributed by atoms with Crippen LogP contribution in [0.15, 0.2) is 16.6 Å². The van der Waals surface area contributed by atoms with Crippen LogP contribution in [-0.2, 0) is 14.8 Å². The zero-order chi connectivity index (χ0) is 14.9. The number of anilines is 1. The molecule has 0 amide bonds. The van der Waals surface area contributed by atoms with Crippen LogP contribution >= 0.6 is 11.3 Å². The number of sulfonamides is 1. The lowest BCUT2D eigenvalue weighted by Gasteiger charge is -2.12. The van der Waals surface area contributed by atoms with Crippen molar-refractivity contribution in [1.29, 1.82) is 0 Å². The predicted molar refractivity (Wildman–Crippen MR) is 81.4 cm³/mol.